The van der Waals surface area contributed by atoms with E-state index in [9.17, 15) is 19.7 Å². The van der Waals surface area contributed by atoms with Crippen molar-refractivity contribution in [2.45, 2.75) is 146 Å². The molecule has 0 aromatic carbocycles. The highest BCUT2D eigenvalue weighted by Crippen LogP contribution is 2.49. The minimum absolute atomic E-state index is 0.0962. The number of nitrogens with one attached hydrogen (secondary N) is 4. The number of urea groups is 1. The molecule has 10 heteroatoms. The summed E-state index contributed by atoms with van der Waals surface area (Å²) in [6.45, 7) is 3.73. The number of hydrogen-bond donors (Lipinski definition) is 4. The van der Waals surface area contributed by atoms with Crippen LogP contribution in [0.4, 0.5) is 4.79 Å². The van der Waals surface area contributed by atoms with Gasteiger partial charge in [0.2, 0.25) is 11.9 Å². The molecule has 3 atom stereocenters. The molecule has 3 amide bonds. The predicted molar refractivity (Wildman–Crippen MR) is 177 cm³/mol. The standard InChI is InChI=1S/C35H60N6O4/c1-34(21-26-22-36-31-10-6-5-9-30(26)31,39-33(43)38-28-15-17-29(18-16-28)41(44)45)32(42)37-24-35(19-7-4-8-20-35)27-13-11-25(12-14-27)23-40(2)3/h22,25,27-31,36H,4-21,23-24H2,1-3H3,(H,37,42)(H2,38,39,43). The van der Waals surface area contributed by atoms with Crippen LogP contribution in [0.5, 0.6) is 0 Å². The molecule has 3 unspecified atom stereocenters. The maximum atomic E-state index is 14.3. The van der Waals surface area contributed by atoms with E-state index in [-0.39, 0.29) is 28.3 Å². The van der Waals surface area contributed by atoms with Gasteiger partial charge in [-0.1, -0.05) is 32.1 Å². The summed E-state index contributed by atoms with van der Waals surface area (Å²) in [5.74, 6) is 1.72. The van der Waals surface area contributed by atoms with Crippen LogP contribution in [0.25, 0.3) is 0 Å². The Morgan fingerprint density at radius 2 is 1.67 bits per heavy atom. The fourth-order valence-electron chi connectivity index (χ4n) is 9.68. The zero-order chi connectivity index (χ0) is 32.0. The normalized spacial score (nSPS) is 32.8. The second-order valence-corrected chi connectivity index (χ2v) is 15.9. The van der Waals surface area contributed by atoms with Gasteiger partial charge in [0, 0.05) is 55.3 Å². The summed E-state index contributed by atoms with van der Waals surface area (Å²) in [6, 6.07) is -0.561. The van der Waals surface area contributed by atoms with Crippen molar-refractivity contribution in [3.05, 3.63) is 21.9 Å². The Bertz CT molecular complexity index is 1060. The highest BCUT2D eigenvalue weighted by molar-refractivity contribution is 5.91. The van der Waals surface area contributed by atoms with Gasteiger partial charge in [-0.25, -0.2) is 4.79 Å². The van der Waals surface area contributed by atoms with Gasteiger partial charge in [0.05, 0.1) is 0 Å². The van der Waals surface area contributed by atoms with Crippen molar-refractivity contribution in [2.24, 2.45) is 23.2 Å². The number of fused-ring (bicyclic) bond motifs is 1. The lowest BCUT2D eigenvalue weighted by Gasteiger charge is -2.47. The lowest BCUT2D eigenvalue weighted by molar-refractivity contribution is -0.526. The molecule has 4 N–H and O–H groups in total. The lowest BCUT2D eigenvalue weighted by atomic mass is 9.60. The molecule has 4 fully saturated rings. The average molecular weight is 629 g/mol. The van der Waals surface area contributed by atoms with Crippen LogP contribution < -0.4 is 21.3 Å². The number of nitro groups is 1. The Labute approximate surface area is 270 Å². The van der Waals surface area contributed by atoms with E-state index in [1.165, 1.54) is 76.2 Å². The van der Waals surface area contributed by atoms with Crippen LogP contribution in [-0.4, -0.2) is 72.6 Å². The third-order valence-electron chi connectivity index (χ3n) is 12.3. The molecule has 0 saturated heterocycles. The van der Waals surface area contributed by atoms with Crippen molar-refractivity contribution in [2.75, 3.05) is 27.2 Å². The van der Waals surface area contributed by atoms with Crippen LogP contribution in [0.15, 0.2) is 11.8 Å². The van der Waals surface area contributed by atoms with Crippen molar-refractivity contribution in [1.82, 2.24) is 26.2 Å². The van der Waals surface area contributed by atoms with Gasteiger partial charge >= 0.3 is 6.03 Å². The van der Waals surface area contributed by atoms with E-state index < -0.39 is 11.6 Å². The molecule has 0 radical (unpaired) electrons. The van der Waals surface area contributed by atoms with E-state index in [1.807, 2.05) is 6.92 Å². The lowest BCUT2D eigenvalue weighted by Crippen LogP contribution is -2.61. The van der Waals surface area contributed by atoms with Crippen LogP contribution in [0.3, 0.4) is 0 Å². The van der Waals surface area contributed by atoms with Gasteiger partial charge in [-0.05, 0) is 114 Å². The van der Waals surface area contributed by atoms with E-state index >= 15 is 0 Å². The van der Waals surface area contributed by atoms with Crippen LogP contribution >= 0.6 is 0 Å². The number of nitrogens with zero attached hydrogens (tertiary/aromatic N) is 2. The van der Waals surface area contributed by atoms with E-state index in [4.69, 9.17) is 0 Å². The molecule has 1 heterocycles. The highest BCUT2D eigenvalue weighted by Gasteiger charge is 2.45. The molecule has 45 heavy (non-hydrogen) atoms. The van der Waals surface area contributed by atoms with Gasteiger partial charge in [-0.15, -0.1) is 0 Å². The molecule has 0 spiro atoms. The summed E-state index contributed by atoms with van der Waals surface area (Å²) < 4.78 is 0. The van der Waals surface area contributed by atoms with Crippen molar-refractivity contribution in [3.8, 4) is 0 Å². The Morgan fingerprint density at radius 3 is 2.33 bits per heavy atom. The van der Waals surface area contributed by atoms with Crippen LogP contribution in [-0.2, 0) is 4.79 Å². The van der Waals surface area contributed by atoms with Gasteiger partial charge in [-0.3, -0.25) is 14.9 Å². The zero-order valence-corrected chi connectivity index (χ0v) is 28.2. The summed E-state index contributed by atoms with van der Waals surface area (Å²) in [4.78, 5) is 41.1. The second-order valence-electron chi connectivity index (χ2n) is 15.9. The van der Waals surface area contributed by atoms with Gasteiger partial charge in [0.25, 0.3) is 0 Å². The quantitative estimate of drug-likeness (QED) is 0.177. The van der Waals surface area contributed by atoms with E-state index in [0.29, 0.717) is 56.5 Å². The minimum atomic E-state index is -1.10. The molecule has 0 bridgehead atoms. The number of rotatable bonds is 11. The average Bonchev–Trinajstić information content (AvgIpc) is 3.42. The Kier molecular flexibility index (Phi) is 11.4. The van der Waals surface area contributed by atoms with Crippen LogP contribution in [0.2, 0.25) is 0 Å². The largest absolute Gasteiger partial charge is 0.388 e. The molecule has 4 saturated carbocycles. The van der Waals surface area contributed by atoms with Crippen LogP contribution in [0.1, 0.15) is 122 Å². The third kappa shape index (κ3) is 8.52. The topological polar surface area (TPSA) is 129 Å². The van der Waals surface area contributed by atoms with E-state index in [1.54, 1.807) is 0 Å². The smallest absolute Gasteiger partial charge is 0.315 e. The number of hydrogen-bond acceptors (Lipinski definition) is 6. The summed E-state index contributed by atoms with van der Waals surface area (Å²) in [5.41, 5.74) is 0.273. The first-order valence-corrected chi connectivity index (χ1v) is 18.2. The zero-order valence-electron chi connectivity index (χ0n) is 28.2. The summed E-state index contributed by atoms with van der Waals surface area (Å²) in [7, 11) is 4.34. The maximum absolute atomic E-state index is 14.3. The Hall–Kier alpha value is -2.36. The summed E-state index contributed by atoms with van der Waals surface area (Å²) in [5, 5.41) is 24.4. The van der Waals surface area contributed by atoms with Gasteiger partial charge in [0.15, 0.2) is 0 Å². The van der Waals surface area contributed by atoms with Crippen molar-refractivity contribution < 1.29 is 14.5 Å². The number of carbonyl (C=O) groups is 2. The van der Waals surface area contributed by atoms with Crippen molar-refractivity contribution >= 4 is 11.9 Å². The number of carbonyl (C=O) groups excluding carboxylic acids is 2. The van der Waals surface area contributed by atoms with E-state index in [2.05, 4.69) is 46.5 Å². The summed E-state index contributed by atoms with van der Waals surface area (Å²) >= 11 is 0. The molecule has 0 aromatic rings. The molecular formula is C35H60N6O4. The van der Waals surface area contributed by atoms with Crippen molar-refractivity contribution in [1.29, 1.82) is 0 Å². The molecule has 254 valence electrons. The summed E-state index contributed by atoms with van der Waals surface area (Å²) in [6.07, 6.45) is 20.5. The fourth-order valence-corrected chi connectivity index (χ4v) is 9.68. The second kappa shape index (κ2) is 15.0. The van der Waals surface area contributed by atoms with Gasteiger partial charge in [0.1, 0.15) is 5.54 Å². The van der Waals surface area contributed by atoms with Gasteiger partial charge < -0.3 is 26.2 Å². The molecule has 4 aliphatic carbocycles. The molecule has 5 rings (SSSR count). The first kappa shape index (κ1) is 34.0. The maximum Gasteiger partial charge on any atom is 0.315 e. The SMILES string of the molecule is CN(C)CC1CCC(C2(CNC(=O)C(C)(CC3=CNC4CCCCC34)NC(=O)NC3CCC([N+](=O)[O-])CC3)CCCCC2)CC1. The molecule has 1 aliphatic heterocycles. The molecular weight excluding hydrogens is 568 g/mol. The Morgan fingerprint density at radius 1 is 0.978 bits per heavy atom. The Balaban J connectivity index is 1.26. The fraction of sp³-hybridized carbons (Fsp3) is 0.886. The van der Waals surface area contributed by atoms with Crippen molar-refractivity contribution in [3.63, 3.8) is 0 Å². The monoisotopic (exact) mass is 628 g/mol. The first-order chi connectivity index (χ1) is 21.6. The molecule has 10 nitrogen and oxygen atoms in total. The first-order valence-electron chi connectivity index (χ1n) is 18.2. The van der Waals surface area contributed by atoms with E-state index in [0.717, 1.165) is 25.3 Å². The minimum Gasteiger partial charge on any atom is -0.388 e. The number of amides is 3. The molecule has 5 aliphatic rings. The third-order valence-corrected chi connectivity index (χ3v) is 12.3. The highest BCUT2D eigenvalue weighted by atomic mass is 16.6. The van der Waals surface area contributed by atoms with Crippen LogP contribution in [0, 0.1) is 33.3 Å². The predicted octanol–water partition coefficient (Wildman–Crippen LogP) is 5.50. The van der Waals surface area contributed by atoms with Gasteiger partial charge in [-0.2, -0.15) is 0 Å². The molecule has 0 aromatic heterocycles.